The highest BCUT2D eigenvalue weighted by molar-refractivity contribution is 8.00. The predicted octanol–water partition coefficient (Wildman–Crippen LogP) is 5.52. The molecule has 0 saturated carbocycles. The molecule has 5 nitrogen and oxygen atoms in total. The molecule has 0 spiro atoms. The number of hydrogen-bond acceptors (Lipinski definition) is 5. The van der Waals surface area contributed by atoms with Gasteiger partial charge in [0.2, 0.25) is 5.91 Å². The number of thiophene rings is 1. The summed E-state index contributed by atoms with van der Waals surface area (Å²) in [6, 6.07) is 18.4. The zero-order valence-electron chi connectivity index (χ0n) is 16.2. The Balaban J connectivity index is 1.52. The smallest absolute Gasteiger partial charge is 0.265 e. The number of ether oxygens (including phenoxy) is 1. The molecule has 0 bridgehead atoms. The molecule has 0 fully saturated rings. The number of rotatable bonds is 8. The Labute approximate surface area is 178 Å². The Morgan fingerprint density at radius 2 is 1.66 bits per heavy atom. The minimum absolute atomic E-state index is 0.0748. The third-order valence-corrected chi connectivity index (χ3v) is 5.95. The van der Waals surface area contributed by atoms with Crippen LogP contribution >= 0.6 is 23.1 Å². The van der Waals surface area contributed by atoms with Gasteiger partial charge >= 0.3 is 0 Å². The Kier molecular flexibility index (Phi) is 7.32. The number of carbonyl (C=O) groups excluding carboxylic acids is 2. The number of anilines is 2. The third-order valence-electron chi connectivity index (χ3n) is 3.97. The molecule has 7 heteroatoms. The lowest BCUT2D eigenvalue weighted by molar-refractivity contribution is -0.115. The van der Waals surface area contributed by atoms with E-state index in [1.807, 2.05) is 73.8 Å². The second-order valence-electron chi connectivity index (χ2n) is 6.16. The maximum Gasteiger partial charge on any atom is 0.265 e. The Morgan fingerprint density at radius 1 is 1.00 bits per heavy atom. The van der Waals surface area contributed by atoms with E-state index in [1.165, 1.54) is 23.1 Å². The third kappa shape index (κ3) is 6.10. The SMILES string of the molecule is CCOc1ccc(NC(=O)C(C)Sc2ccc(NC(=O)c3cccs3)cc2)cc1. The normalized spacial score (nSPS) is 11.5. The van der Waals surface area contributed by atoms with Gasteiger partial charge < -0.3 is 15.4 Å². The van der Waals surface area contributed by atoms with E-state index >= 15 is 0 Å². The van der Waals surface area contributed by atoms with Crippen molar-refractivity contribution >= 4 is 46.3 Å². The van der Waals surface area contributed by atoms with Gasteiger partial charge in [0.05, 0.1) is 16.7 Å². The van der Waals surface area contributed by atoms with Crippen LogP contribution in [0.15, 0.2) is 70.9 Å². The highest BCUT2D eigenvalue weighted by atomic mass is 32.2. The first-order valence-electron chi connectivity index (χ1n) is 9.20. The molecule has 2 aromatic carbocycles. The molecule has 0 aliphatic carbocycles. The van der Waals surface area contributed by atoms with Crippen molar-refractivity contribution in [2.45, 2.75) is 24.0 Å². The van der Waals surface area contributed by atoms with E-state index in [0.29, 0.717) is 11.5 Å². The number of nitrogens with one attached hydrogen (secondary N) is 2. The summed E-state index contributed by atoms with van der Waals surface area (Å²) in [4.78, 5) is 26.2. The van der Waals surface area contributed by atoms with Crippen molar-refractivity contribution in [2.24, 2.45) is 0 Å². The van der Waals surface area contributed by atoms with Crippen LogP contribution in [0, 0.1) is 0 Å². The summed E-state index contributed by atoms with van der Waals surface area (Å²) in [5.41, 5.74) is 1.46. The van der Waals surface area contributed by atoms with Crippen molar-refractivity contribution in [2.75, 3.05) is 17.2 Å². The second kappa shape index (κ2) is 10.1. The van der Waals surface area contributed by atoms with Crippen LogP contribution < -0.4 is 15.4 Å². The molecule has 0 aliphatic heterocycles. The molecule has 3 aromatic rings. The van der Waals surface area contributed by atoms with Gasteiger partial charge in [-0.15, -0.1) is 23.1 Å². The fourth-order valence-corrected chi connectivity index (χ4v) is 4.01. The zero-order chi connectivity index (χ0) is 20.6. The molecule has 3 rings (SSSR count). The number of carbonyl (C=O) groups is 2. The number of thioether (sulfide) groups is 1. The summed E-state index contributed by atoms with van der Waals surface area (Å²) in [7, 11) is 0. The highest BCUT2D eigenvalue weighted by Gasteiger charge is 2.15. The number of benzene rings is 2. The van der Waals surface area contributed by atoms with Crippen LogP contribution in [0.1, 0.15) is 23.5 Å². The lowest BCUT2D eigenvalue weighted by Crippen LogP contribution is -2.22. The molecule has 0 radical (unpaired) electrons. The largest absolute Gasteiger partial charge is 0.494 e. The van der Waals surface area contributed by atoms with Gasteiger partial charge in [-0.3, -0.25) is 9.59 Å². The van der Waals surface area contributed by atoms with Gasteiger partial charge in [-0.05, 0) is 73.8 Å². The molecule has 0 aliphatic rings. The molecule has 2 amide bonds. The van der Waals surface area contributed by atoms with Crippen LogP contribution in [0.5, 0.6) is 5.75 Å². The Morgan fingerprint density at radius 3 is 2.28 bits per heavy atom. The molecule has 1 heterocycles. The summed E-state index contributed by atoms with van der Waals surface area (Å²) < 4.78 is 5.40. The van der Waals surface area contributed by atoms with E-state index in [2.05, 4.69) is 10.6 Å². The van der Waals surface area contributed by atoms with Crippen molar-refractivity contribution in [3.8, 4) is 5.75 Å². The maximum absolute atomic E-state index is 12.5. The van der Waals surface area contributed by atoms with Crippen molar-refractivity contribution in [1.82, 2.24) is 0 Å². The van der Waals surface area contributed by atoms with Gasteiger partial charge in [0.15, 0.2) is 0 Å². The molecule has 1 aromatic heterocycles. The molecular formula is C22H22N2O3S2. The lowest BCUT2D eigenvalue weighted by Gasteiger charge is -2.13. The van der Waals surface area contributed by atoms with Crippen LogP contribution in [-0.4, -0.2) is 23.7 Å². The number of amides is 2. The van der Waals surface area contributed by atoms with Crippen molar-refractivity contribution in [1.29, 1.82) is 0 Å². The minimum atomic E-state index is -0.270. The van der Waals surface area contributed by atoms with E-state index in [4.69, 9.17) is 4.74 Å². The monoisotopic (exact) mass is 426 g/mol. The van der Waals surface area contributed by atoms with Crippen LogP contribution in [0.2, 0.25) is 0 Å². The van der Waals surface area contributed by atoms with E-state index in [1.54, 1.807) is 6.07 Å². The zero-order valence-corrected chi connectivity index (χ0v) is 17.8. The van der Waals surface area contributed by atoms with Crippen LogP contribution in [0.3, 0.4) is 0 Å². The fourth-order valence-electron chi connectivity index (χ4n) is 2.52. The molecule has 0 saturated heterocycles. The maximum atomic E-state index is 12.5. The summed E-state index contributed by atoms with van der Waals surface area (Å²) >= 11 is 2.86. The molecule has 1 unspecified atom stereocenters. The average molecular weight is 427 g/mol. The van der Waals surface area contributed by atoms with Crippen molar-refractivity contribution in [3.05, 3.63) is 70.9 Å². The van der Waals surface area contributed by atoms with E-state index in [9.17, 15) is 9.59 Å². The van der Waals surface area contributed by atoms with Crippen molar-refractivity contribution < 1.29 is 14.3 Å². The Hall–Kier alpha value is -2.77. The minimum Gasteiger partial charge on any atom is -0.494 e. The predicted molar refractivity (Wildman–Crippen MR) is 120 cm³/mol. The van der Waals surface area contributed by atoms with Crippen LogP contribution in [0.25, 0.3) is 0 Å². The van der Waals surface area contributed by atoms with Gasteiger partial charge in [-0.25, -0.2) is 0 Å². The first-order chi connectivity index (χ1) is 14.0. The van der Waals surface area contributed by atoms with E-state index < -0.39 is 0 Å². The molecule has 29 heavy (non-hydrogen) atoms. The summed E-state index contributed by atoms with van der Waals surface area (Å²) in [6.07, 6.45) is 0. The molecular weight excluding hydrogens is 404 g/mol. The quantitative estimate of drug-likeness (QED) is 0.466. The van der Waals surface area contributed by atoms with Gasteiger partial charge in [0.1, 0.15) is 5.75 Å². The molecule has 1 atom stereocenters. The highest BCUT2D eigenvalue weighted by Crippen LogP contribution is 2.26. The average Bonchev–Trinajstić information content (AvgIpc) is 3.26. The van der Waals surface area contributed by atoms with Gasteiger partial charge in [-0.2, -0.15) is 0 Å². The Bertz CT molecular complexity index is 939. The van der Waals surface area contributed by atoms with Gasteiger partial charge in [-0.1, -0.05) is 6.07 Å². The molecule has 150 valence electrons. The molecule has 2 N–H and O–H groups in total. The first-order valence-corrected chi connectivity index (χ1v) is 11.0. The van der Waals surface area contributed by atoms with E-state index in [0.717, 1.165) is 22.0 Å². The van der Waals surface area contributed by atoms with Crippen LogP contribution in [0.4, 0.5) is 11.4 Å². The van der Waals surface area contributed by atoms with Crippen molar-refractivity contribution in [3.63, 3.8) is 0 Å². The summed E-state index contributed by atoms with van der Waals surface area (Å²) in [5.74, 6) is 0.580. The standard InChI is InChI=1S/C22H22N2O3S2/c1-3-27-18-10-6-16(7-11-18)23-21(25)15(2)29-19-12-8-17(9-13-19)24-22(26)20-5-4-14-28-20/h4-15H,3H2,1-2H3,(H,23,25)(H,24,26). The first kappa shape index (κ1) is 21.0. The van der Waals surface area contributed by atoms with Gasteiger partial charge in [0.25, 0.3) is 5.91 Å². The van der Waals surface area contributed by atoms with Gasteiger partial charge in [0, 0.05) is 16.3 Å². The fraction of sp³-hybridized carbons (Fsp3) is 0.182. The number of hydrogen-bond donors (Lipinski definition) is 2. The second-order valence-corrected chi connectivity index (χ2v) is 8.52. The van der Waals surface area contributed by atoms with Crippen LogP contribution in [-0.2, 0) is 4.79 Å². The topological polar surface area (TPSA) is 67.4 Å². The lowest BCUT2D eigenvalue weighted by atomic mass is 10.3. The summed E-state index contributed by atoms with van der Waals surface area (Å²) in [5, 5.41) is 7.38. The van der Waals surface area contributed by atoms with E-state index in [-0.39, 0.29) is 17.1 Å². The summed E-state index contributed by atoms with van der Waals surface area (Å²) in [6.45, 7) is 4.40.